The van der Waals surface area contributed by atoms with E-state index in [0.717, 1.165) is 74.3 Å². The minimum absolute atomic E-state index is 0.0886. The Bertz CT molecular complexity index is 1070. The largest absolute Gasteiger partial charge is 0.441 e. The zero-order chi connectivity index (χ0) is 21.2. The lowest BCUT2D eigenvalue weighted by Crippen LogP contribution is -2.50. The highest BCUT2D eigenvalue weighted by atomic mass is 16.5. The molecule has 5 rings (SSSR count). The van der Waals surface area contributed by atoms with Crippen LogP contribution in [0.3, 0.4) is 0 Å². The summed E-state index contributed by atoms with van der Waals surface area (Å²) in [5.41, 5.74) is 0.946. The van der Waals surface area contributed by atoms with Gasteiger partial charge in [0.1, 0.15) is 5.82 Å². The number of rotatable bonds is 3. The number of carbonyl (C=O) groups is 1. The van der Waals surface area contributed by atoms with Crippen LogP contribution in [0, 0.1) is 6.92 Å². The van der Waals surface area contributed by atoms with Crippen LogP contribution in [0.2, 0.25) is 0 Å². The molecule has 2 fully saturated rings. The number of amides is 2. The van der Waals surface area contributed by atoms with Gasteiger partial charge in [0.15, 0.2) is 11.7 Å². The maximum absolute atomic E-state index is 12.8. The van der Waals surface area contributed by atoms with E-state index >= 15 is 0 Å². The number of likely N-dealkylation sites (tertiary alicyclic amines) is 1. The first-order valence-corrected chi connectivity index (χ1v) is 10.9. The van der Waals surface area contributed by atoms with Gasteiger partial charge in [-0.2, -0.15) is 0 Å². The fourth-order valence-electron chi connectivity index (χ4n) is 4.42. The van der Waals surface area contributed by atoms with Crippen LogP contribution in [0.5, 0.6) is 0 Å². The number of nitrogens with zero attached hydrogens (tertiary/aromatic N) is 4. The molecule has 0 radical (unpaired) electrons. The summed E-state index contributed by atoms with van der Waals surface area (Å²) < 4.78 is 11.1. The smallest absolute Gasteiger partial charge is 0.323 e. The summed E-state index contributed by atoms with van der Waals surface area (Å²) in [6.07, 6.45) is 5.50. The van der Waals surface area contributed by atoms with Crippen molar-refractivity contribution >= 4 is 22.6 Å². The normalized spacial score (nSPS) is 18.4. The number of fused-ring (bicyclic) bond motifs is 1. The van der Waals surface area contributed by atoms with Gasteiger partial charge in [-0.25, -0.2) is 14.8 Å². The number of oxazole rings is 1. The number of urea groups is 1. The SMILES string of the molecule is Cc1ncc(-c2ccc3cnc(NC(=O)N4CCC(N5CCOCC5)CC4)cc3c2)o1. The number of nitrogens with one attached hydrogen (secondary N) is 1. The van der Waals surface area contributed by atoms with E-state index in [1.807, 2.05) is 36.1 Å². The van der Waals surface area contributed by atoms with Crippen LogP contribution in [-0.4, -0.2) is 71.2 Å². The van der Waals surface area contributed by atoms with Crippen LogP contribution in [0.4, 0.5) is 10.6 Å². The molecule has 0 aliphatic carbocycles. The molecular weight excluding hydrogens is 394 g/mol. The maximum Gasteiger partial charge on any atom is 0.323 e. The first-order valence-electron chi connectivity index (χ1n) is 10.9. The lowest BCUT2D eigenvalue weighted by atomic mass is 10.0. The number of aryl methyl sites for hydroxylation is 1. The highest BCUT2D eigenvalue weighted by Crippen LogP contribution is 2.26. The molecule has 1 N–H and O–H groups in total. The van der Waals surface area contributed by atoms with Gasteiger partial charge >= 0.3 is 6.03 Å². The van der Waals surface area contributed by atoms with Crippen molar-refractivity contribution in [3.8, 4) is 11.3 Å². The molecule has 0 spiro atoms. The molecule has 0 unspecified atom stereocenters. The Morgan fingerprint density at radius 1 is 1.03 bits per heavy atom. The number of hydrogen-bond acceptors (Lipinski definition) is 6. The van der Waals surface area contributed by atoms with Gasteiger partial charge in [0.2, 0.25) is 0 Å². The highest BCUT2D eigenvalue weighted by molar-refractivity contribution is 5.93. The van der Waals surface area contributed by atoms with Gasteiger partial charge in [0.05, 0.1) is 19.4 Å². The maximum atomic E-state index is 12.8. The van der Waals surface area contributed by atoms with Crippen molar-refractivity contribution in [2.24, 2.45) is 0 Å². The molecule has 31 heavy (non-hydrogen) atoms. The monoisotopic (exact) mass is 421 g/mol. The van der Waals surface area contributed by atoms with Gasteiger partial charge < -0.3 is 14.1 Å². The molecule has 3 aromatic rings. The molecule has 0 saturated carbocycles. The molecular formula is C23H27N5O3. The second-order valence-electron chi connectivity index (χ2n) is 8.17. The average molecular weight is 422 g/mol. The summed E-state index contributed by atoms with van der Waals surface area (Å²) in [4.78, 5) is 25.8. The predicted octanol–water partition coefficient (Wildman–Crippen LogP) is 3.53. The Kier molecular flexibility index (Phi) is 5.57. The standard InChI is InChI=1S/C23H27N5O3/c1-16-24-15-21(31-16)17-2-3-18-14-25-22(13-19(18)12-17)26-23(29)28-6-4-20(5-7-28)27-8-10-30-11-9-27/h2-3,12-15,20H,4-11H2,1H3,(H,25,26,29). The number of ether oxygens (including phenoxy) is 1. The van der Waals surface area contributed by atoms with Crippen molar-refractivity contribution < 1.29 is 13.9 Å². The van der Waals surface area contributed by atoms with E-state index in [4.69, 9.17) is 9.15 Å². The zero-order valence-corrected chi connectivity index (χ0v) is 17.7. The number of morpholine rings is 1. The van der Waals surface area contributed by atoms with Gasteiger partial charge in [-0.05, 0) is 30.4 Å². The molecule has 162 valence electrons. The third-order valence-corrected chi connectivity index (χ3v) is 6.18. The lowest BCUT2D eigenvalue weighted by Gasteiger charge is -2.39. The highest BCUT2D eigenvalue weighted by Gasteiger charge is 2.28. The first kappa shape index (κ1) is 20.0. The summed E-state index contributed by atoms with van der Waals surface area (Å²) >= 11 is 0. The Morgan fingerprint density at radius 2 is 1.84 bits per heavy atom. The Balaban J connectivity index is 1.24. The number of aromatic nitrogens is 2. The van der Waals surface area contributed by atoms with E-state index in [2.05, 4.69) is 20.2 Å². The van der Waals surface area contributed by atoms with E-state index in [1.54, 1.807) is 12.4 Å². The molecule has 0 bridgehead atoms. The molecule has 4 heterocycles. The van der Waals surface area contributed by atoms with Crippen molar-refractivity contribution in [2.45, 2.75) is 25.8 Å². The summed E-state index contributed by atoms with van der Waals surface area (Å²) in [6.45, 7) is 6.96. The van der Waals surface area contributed by atoms with Gasteiger partial charge in [-0.15, -0.1) is 0 Å². The van der Waals surface area contributed by atoms with Crippen LogP contribution in [0.15, 0.2) is 41.1 Å². The molecule has 2 aliphatic heterocycles. The number of anilines is 1. The van der Waals surface area contributed by atoms with Crippen molar-refractivity contribution in [1.82, 2.24) is 19.8 Å². The minimum Gasteiger partial charge on any atom is -0.441 e. The molecule has 2 aromatic heterocycles. The number of pyridine rings is 1. The van der Waals surface area contributed by atoms with Crippen molar-refractivity contribution in [3.05, 3.63) is 42.5 Å². The van der Waals surface area contributed by atoms with Gasteiger partial charge in [-0.1, -0.05) is 12.1 Å². The molecule has 1 aromatic carbocycles. The van der Waals surface area contributed by atoms with Gasteiger partial charge in [-0.3, -0.25) is 10.2 Å². The Labute approximate surface area is 181 Å². The van der Waals surface area contributed by atoms with Crippen LogP contribution in [0.1, 0.15) is 18.7 Å². The molecule has 8 heteroatoms. The molecule has 0 atom stereocenters. The fourth-order valence-corrected chi connectivity index (χ4v) is 4.42. The van der Waals surface area contributed by atoms with Crippen LogP contribution in [0.25, 0.3) is 22.1 Å². The summed E-state index contributed by atoms with van der Waals surface area (Å²) in [6, 6.07) is 8.37. The van der Waals surface area contributed by atoms with Crippen molar-refractivity contribution in [1.29, 1.82) is 0 Å². The number of carbonyl (C=O) groups excluding carboxylic acids is 1. The lowest BCUT2D eigenvalue weighted by molar-refractivity contribution is 0.00419. The summed E-state index contributed by atoms with van der Waals surface area (Å²) in [7, 11) is 0. The second kappa shape index (κ2) is 8.64. The zero-order valence-electron chi connectivity index (χ0n) is 17.7. The molecule has 8 nitrogen and oxygen atoms in total. The number of hydrogen-bond donors (Lipinski definition) is 1. The Hall–Kier alpha value is -2.97. The second-order valence-corrected chi connectivity index (χ2v) is 8.17. The van der Waals surface area contributed by atoms with Crippen molar-refractivity contribution in [2.75, 3.05) is 44.7 Å². The average Bonchev–Trinajstić information content (AvgIpc) is 3.25. The number of piperidine rings is 1. The van der Waals surface area contributed by atoms with Crippen LogP contribution < -0.4 is 5.32 Å². The van der Waals surface area contributed by atoms with Crippen LogP contribution >= 0.6 is 0 Å². The third kappa shape index (κ3) is 4.40. The molecule has 2 aliphatic rings. The topological polar surface area (TPSA) is 83.7 Å². The van der Waals surface area contributed by atoms with E-state index in [-0.39, 0.29) is 6.03 Å². The number of benzene rings is 1. The predicted molar refractivity (Wildman–Crippen MR) is 118 cm³/mol. The molecule has 2 saturated heterocycles. The van der Waals surface area contributed by atoms with E-state index in [1.165, 1.54) is 0 Å². The quantitative estimate of drug-likeness (QED) is 0.697. The summed E-state index contributed by atoms with van der Waals surface area (Å²) in [5.74, 6) is 1.92. The third-order valence-electron chi connectivity index (χ3n) is 6.18. The molecule has 2 amide bonds. The van der Waals surface area contributed by atoms with Gasteiger partial charge in [0, 0.05) is 56.3 Å². The van der Waals surface area contributed by atoms with Gasteiger partial charge in [0.25, 0.3) is 0 Å². The van der Waals surface area contributed by atoms with Crippen molar-refractivity contribution in [3.63, 3.8) is 0 Å². The summed E-state index contributed by atoms with van der Waals surface area (Å²) in [5, 5.41) is 4.96. The van der Waals surface area contributed by atoms with E-state index < -0.39 is 0 Å². The first-order chi connectivity index (χ1) is 15.2. The minimum atomic E-state index is -0.0886. The Morgan fingerprint density at radius 3 is 2.58 bits per heavy atom. The van der Waals surface area contributed by atoms with Crippen LogP contribution in [-0.2, 0) is 4.74 Å². The van der Waals surface area contributed by atoms with E-state index in [0.29, 0.717) is 17.8 Å². The fraction of sp³-hybridized carbons (Fsp3) is 0.435. The van der Waals surface area contributed by atoms with E-state index in [9.17, 15) is 4.79 Å².